The van der Waals surface area contributed by atoms with E-state index in [1.54, 1.807) is 24.9 Å². The number of nitrogens with one attached hydrogen (secondary N) is 1. The van der Waals surface area contributed by atoms with Gasteiger partial charge in [-0.1, -0.05) is 15.9 Å². The highest BCUT2D eigenvalue weighted by atomic mass is 79.9. The Kier molecular flexibility index (Phi) is 5.78. The molecule has 7 heteroatoms. The molecular formula is C13H15BrN4OS. The topological polar surface area (TPSA) is 73.1 Å². The first-order valence-corrected chi connectivity index (χ1v) is 7.70. The molecule has 0 bridgehead atoms. The maximum atomic E-state index is 5.41. The van der Waals surface area contributed by atoms with Crippen LogP contribution in [0.25, 0.3) is 0 Å². The van der Waals surface area contributed by atoms with Crippen molar-refractivity contribution < 1.29 is 4.74 Å². The number of thioether (sulfide) groups is 1. The number of hydrogen-bond donors (Lipinski definition) is 2. The third kappa shape index (κ3) is 4.45. The van der Waals surface area contributed by atoms with Crippen LogP contribution in [-0.2, 0) is 17.1 Å². The molecule has 0 radical (unpaired) electrons. The lowest BCUT2D eigenvalue weighted by Crippen LogP contribution is -2.11. The highest BCUT2D eigenvalue weighted by Crippen LogP contribution is 2.23. The zero-order chi connectivity index (χ0) is 14.4. The second-order valence-electron chi connectivity index (χ2n) is 3.98. The van der Waals surface area contributed by atoms with Crippen molar-refractivity contribution in [2.24, 2.45) is 5.84 Å². The van der Waals surface area contributed by atoms with Gasteiger partial charge in [-0.05, 0) is 24.3 Å². The SMILES string of the molecule is COCc1cc(NN)nc(CSc2ccc(Br)cc2)n1. The van der Waals surface area contributed by atoms with Gasteiger partial charge in [0.2, 0.25) is 0 Å². The van der Waals surface area contributed by atoms with E-state index in [1.807, 2.05) is 12.1 Å². The van der Waals surface area contributed by atoms with E-state index < -0.39 is 0 Å². The minimum atomic E-state index is 0.438. The molecule has 2 rings (SSSR count). The van der Waals surface area contributed by atoms with Crippen LogP contribution in [0.2, 0.25) is 0 Å². The Morgan fingerprint density at radius 2 is 2.05 bits per heavy atom. The van der Waals surface area contributed by atoms with E-state index in [9.17, 15) is 0 Å². The average Bonchev–Trinajstić information content (AvgIpc) is 2.47. The Morgan fingerprint density at radius 1 is 1.30 bits per heavy atom. The number of aromatic nitrogens is 2. The third-order valence-corrected chi connectivity index (χ3v) is 3.98. The van der Waals surface area contributed by atoms with E-state index in [1.165, 1.54) is 0 Å². The second-order valence-corrected chi connectivity index (χ2v) is 5.95. The van der Waals surface area contributed by atoms with Crippen LogP contribution in [0.4, 0.5) is 5.82 Å². The molecule has 106 valence electrons. The van der Waals surface area contributed by atoms with Crippen LogP contribution in [0.1, 0.15) is 11.5 Å². The molecule has 0 saturated carbocycles. The third-order valence-electron chi connectivity index (χ3n) is 2.45. The van der Waals surface area contributed by atoms with Gasteiger partial charge in [-0.15, -0.1) is 11.8 Å². The van der Waals surface area contributed by atoms with Crippen LogP contribution in [0.3, 0.4) is 0 Å². The van der Waals surface area contributed by atoms with E-state index in [0.29, 0.717) is 18.2 Å². The number of hydrazine groups is 1. The molecule has 0 aliphatic heterocycles. The summed E-state index contributed by atoms with van der Waals surface area (Å²) < 4.78 is 6.15. The van der Waals surface area contributed by atoms with Crippen LogP contribution in [0.15, 0.2) is 39.7 Å². The van der Waals surface area contributed by atoms with Crippen molar-refractivity contribution in [3.05, 3.63) is 46.3 Å². The standard InChI is InChI=1S/C13H15BrN4OS/c1-19-7-10-6-12(18-15)17-13(16-10)8-20-11-4-2-9(14)3-5-11/h2-6H,7-8,15H2,1H3,(H,16,17,18). The quantitative estimate of drug-likeness (QED) is 0.472. The van der Waals surface area contributed by atoms with E-state index in [4.69, 9.17) is 10.6 Å². The summed E-state index contributed by atoms with van der Waals surface area (Å²) in [6.07, 6.45) is 0. The van der Waals surface area contributed by atoms with Crippen molar-refractivity contribution in [1.82, 2.24) is 9.97 Å². The Balaban J connectivity index is 2.07. The number of nitrogens with two attached hydrogens (primary N) is 1. The van der Waals surface area contributed by atoms with E-state index in [0.717, 1.165) is 20.9 Å². The predicted octanol–water partition coefficient (Wildman–Crippen LogP) is 2.96. The summed E-state index contributed by atoms with van der Waals surface area (Å²) in [6.45, 7) is 0.438. The molecule has 0 amide bonds. The van der Waals surface area contributed by atoms with Crippen LogP contribution in [0.5, 0.6) is 0 Å². The Bertz CT molecular complexity index is 565. The fraction of sp³-hybridized carbons (Fsp3) is 0.231. The molecule has 5 nitrogen and oxygen atoms in total. The number of anilines is 1. The van der Waals surface area contributed by atoms with Gasteiger partial charge in [0, 0.05) is 22.5 Å². The molecule has 3 N–H and O–H groups in total. The highest BCUT2D eigenvalue weighted by molar-refractivity contribution is 9.10. The van der Waals surface area contributed by atoms with Crippen molar-refractivity contribution in [3.8, 4) is 0 Å². The first-order valence-electron chi connectivity index (χ1n) is 5.92. The summed E-state index contributed by atoms with van der Waals surface area (Å²) in [6, 6.07) is 9.90. The number of nitrogen functional groups attached to an aromatic ring is 1. The fourth-order valence-electron chi connectivity index (χ4n) is 1.59. The van der Waals surface area contributed by atoms with Gasteiger partial charge in [0.05, 0.1) is 18.1 Å². The van der Waals surface area contributed by atoms with Gasteiger partial charge in [-0.25, -0.2) is 15.8 Å². The van der Waals surface area contributed by atoms with Gasteiger partial charge in [0.1, 0.15) is 11.6 Å². The van der Waals surface area contributed by atoms with Crippen LogP contribution < -0.4 is 11.3 Å². The van der Waals surface area contributed by atoms with E-state index in [2.05, 4.69) is 43.5 Å². The van der Waals surface area contributed by atoms with Gasteiger partial charge < -0.3 is 10.2 Å². The normalized spacial score (nSPS) is 10.6. The van der Waals surface area contributed by atoms with Gasteiger partial charge in [-0.3, -0.25) is 0 Å². The monoisotopic (exact) mass is 354 g/mol. The molecule has 0 saturated heterocycles. The predicted molar refractivity (Wildman–Crippen MR) is 84.3 cm³/mol. The van der Waals surface area contributed by atoms with Gasteiger partial charge >= 0.3 is 0 Å². The summed E-state index contributed by atoms with van der Waals surface area (Å²) in [4.78, 5) is 9.94. The molecule has 1 aromatic carbocycles. The minimum absolute atomic E-state index is 0.438. The smallest absolute Gasteiger partial charge is 0.144 e. The van der Waals surface area contributed by atoms with Gasteiger partial charge in [-0.2, -0.15) is 0 Å². The lowest BCUT2D eigenvalue weighted by atomic mass is 10.4. The van der Waals surface area contributed by atoms with Crippen molar-refractivity contribution in [3.63, 3.8) is 0 Å². The first kappa shape index (κ1) is 15.2. The molecule has 0 fully saturated rings. The molecule has 0 spiro atoms. The Hall–Kier alpha value is -1.15. The molecule has 0 aliphatic rings. The van der Waals surface area contributed by atoms with Crippen molar-refractivity contribution in [2.75, 3.05) is 12.5 Å². The molecule has 0 aliphatic carbocycles. The average molecular weight is 355 g/mol. The number of hydrogen-bond acceptors (Lipinski definition) is 6. The van der Waals surface area contributed by atoms with Crippen LogP contribution in [0, 0.1) is 0 Å². The molecule has 1 heterocycles. The van der Waals surface area contributed by atoms with Crippen LogP contribution >= 0.6 is 27.7 Å². The lowest BCUT2D eigenvalue weighted by Gasteiger charge is -2.07. The maximum absolute atomic E-state index is 5.41. The Labute approximate surface area is 130 Å². The summed E-state index contributed by atoms with van der Waals surface area (Å²) in [7, 11) is 1.63. The summed E-state index contributed by atoms with van der Waals surface area (Å²) >= 11 is 5.09. The number of nitrogens with zero attached hydrogens (tertiary/aromatic N) is 2. The number of rotatable bonds is 6. The highest BCUT2D eigenvalue weighted by Gasteiger charge is 2.05. The summed E-state index contributed by atoms with van der Waals surface area (Å²) in [5.41, 5.74) is 3.36. The largest absolute Gasteiger partial charge is 0.378 e. The molecule has 2 aromatic rings. The molecule has 20 heavy (non-hydrogen) atoms. The number of ether oxygens (including phenoxy) is 1. The lowest BCUT2D eigenvalue weighted by molar-refractivity contribution is 0.181. The second kappa shape index (κ2) is 7.58. The van der Waals surface area contributed by atoms with E-state index >= 15 is 0 Å². The fourth-order valence-corrected chi connectivity index (χ4v) is 2.61. The van der Waals surface area contributed by atoms with Crippen molar-refractivity contribution in [1.29, 1.82) is 0 Å². The van der Waals surface area contributed by atoms with Gasteiger partial charge in [0.15, 0.2) is 0 Å². The van der Waals surface area contributed by atoms with Crippen molar-refractivity contribution in [2.45, 2.75) is 17.3 Å². The molecular weight excluding hydrogens is 340 g/mol. The minimum Gasteiger partial charge on any atom is -0.378 e. The zero-order valence-electron chi connectivity index (χ0n) is 11.0. The number of methoxy groups -OCH3 is 1. The maximum Gasteiger partial charge on any atom is 0.144 e. The van der Waals surface area contributed by atoms with Gasteiger partial charge in [0.25, 0.3) is 0 Å². The van der Waals surface area contributed by atoms with E-state index in [-0.39, 0.29) is 0 Å². The van der Waals surface area contributed by atoms with Crippen molar-refractivity contribution >= 4 is 33.5 Å². The summed E-state index contributed by atoms with van der Waals surface area (Å²) in [5, 5.41) is 0. The summed E-state index contributed by atoms with van der Waals surface area (Å²) in [5.74, 6) is 7.41. The van der Waals surface area contributed by atoms with Crippen LogP contribution in [-0.4, -0.2) is 17.1 Å². The Morgan fingerprint density at radius 3 is 2.70 bits per heavy atom. The molecule has 1 aromatic heterocycles. The molecule has 0 atom stereocenters. The number of halogens is 1. The first-order chi connectivity index (χ1) is 9.71. The molecule has 0 unspecified atom stereocenters. The number of benzene rings is 1. The zero-order valence-corrected chi connectivity index (χ0v) is 13.4.